The van der Waals surface area contributed by atoms with Gasteiger partial charge in [-0.3, -0.25) is 0 Å². The largest absolute Gasteiger partial charge is 0.377 e. The van der Waals surface area contributed by atoms with Crippen LogP contribution in [-0.2, 0) is 10.2 Å². The second-order valence-electron chi connectivity index (χ2n) is 4.92. The van der Waals surface area contributed by atoms with Gasteiger partial charge in [-0.2, -0.15) is 0 Å². The van der Waals surface area contributed by atoms with E-state index in [-0.39, 0.29) is 5.41 Å². The minimum atomic E-state index is 0.109. The van der Waals surface area contributed by atoms with Crippen LogP contribution in [0.5, 0.6) is 0 Å². The van der Waals surface area contributed by atoms with Gasteiger partial charge in [0.05, 0.1) is 19.3 Å². The number of aromatic nitrogens is 2. The van der Waals surface area contributed by atoms with Crippen molar-refractivity contribution in [3.05, 3.63) is 18.0 Å². The third kappa shape index (κ3) is 2.45. The molecule has 0 aromatic carbocycles. The molecular weight excluding hydrogens is 190 g/mol. The average Bonchev–Trinajstić information content (AvgIpc) is 2.11. The fourth-order valence-corrected chi connectivity index (χ4v) is 1.29. The van der Waals surface area contributed by atoms with Crippen molar-refractivity contribution in [2.75, 3.05) is 18.5 Å². The van der Waals surface area contributed by atoms with Crippen LogP contribution in [0.25, 0.3) is 0 Å². The normalized spacial score (nSPS) is 17.3. The summed E-state index contributed by atoms with van der Waals surface area (Å²) >= 11 is 0. The zero-order valence-corrected chi connectivity index (χ0v) is 9.45. The van der Waals surface area contributed by atoms with Crippen molar-refractivity contribution in [2.24, 2.45) is 0 Å². The summed E-state index contributed by atoms with van der Waals surface area (Å²) in [5, 5.41) is 3.21. The molecule has 82 valence electrons. The van der Waals surface area contributed by atoms with Crippen molar-refractivity contribution in [1.82, 2.24) is 9.97 Å². The third-order valence-electron chi connectivity index (χ3n) is 2.49. The van der Waals surface area contributed by atoms with E-state index in [0.717, 1.165) is 18.8 Å². The Morgan fingerprint density at radius 1 is 1.27 bits per heavy atom. The highest BCUT2D eigenvalue weighted by Crippen LogP contribution is 2.20. The van der Waals surface area contributed by atoms with Crippen molar-refractivity contribution >= 4 is 5.95 Å². The van der Waals surface area contributed by atoms with Gasteiger partial charge in [0.2, 0.25) is 5.95 Å². The van der Waals surface area contributed by atoms with Gasteiger partial charge < -0.3 is 10.1 Å². The topological polar surface area (TPSA) is 47.0 Å². The molecular formula is C11H17N3O. The van der Waals surface area contributed by atoms with Crippen LogP contribution >= 0.6 is 0 Å². The van der Waals surface area contributed by atoms with Crippen molar-refractivity contribution in [3.63, 3.8) is 0 Å². The molecule has 0 spiro atoms. The van der Waals surface area contributed by atoms with Crippen LogP contribution in [0.3, 0.4) is 0 Å². The summed E-state index contributed by atoms with van der Waals surface area (Å²) in [6.45, 7) is 7.96. The number of hydrogen-bond donors (Lipinski definition) is 1. The van der Waals surface area contributed by atoms with E-state index in [4.69, 9.17) is 4.74 Å². The highest BCUT2D eigenvalue weighted by atomic mass is 16.5. The lowest BCUT2D eigenvalue weighted by molar-refractivity contribution is 0.0208. The van der Waals surface area contributed by atoms with Gasteiger partial charge in [0.1, 0.15) is 0 Å². The Hall–Kier alpha value is -1.16. The molecule has 4 nitrogen and oxygen atoms in total. The Morgan fingerprint density at radius 2 is 1.87 bits per heavy atom. The Kier molecular flexibility index (Phi) is 2.61. The fraction of sp³-hybridized carbons (Fsp3) is 0.636. The van der Waals surface area contributed by atoms with Gasteiger partial charge in [-0.15, -0.1) is 0 Å². The summed E-state index contributed by atoms with van der Waals surface area (Å²) in [5.41, 5.74) is 1.26. The molecule has 0 atom stereocenters. The molecule has 0 bridgehead atoms. The zero-order chi connectivity index (χ0) is 10.9. The van der Waals surface area contributed by atoms with E-state index in [0.29, 0.717) is 12.0 Å². The lowest BCUT2D eigenvalue weighted by Gasteiger charge is -2.27. The van der Waals surface area contributed by atoms with Gasteiger partial charge >= 0.3 is 0 Å². The van der Waals surface area contributed by atoms with Gasteiger partial charge in [-0.05, 0) is 11.0 Å². The number of rotatable bonds is 2. The van der Waals surface area contributed by atoms with Crippen LogP contribution < -0.4 is 5.32 Å². The van der Waals surface area contributed by atoms with Gasteiger partial charge in [0.15, 0.2) is 0 Å². The first kappa shape index (κ1) is 10.4. The molecule has 1 saturated heterocycles. The maximum absolute atomic E-state index is 5.07. The molecule has 1 N–H and O–H groups in total. The van der Waals surface area contributed by atoms with E-state index in [2.05, 4.69) is 36.1 Å². The van der Waals surface area contributed by atoms with Crippen molar-refractivity contribution in [2.45, 2.75) is 32.2 Å². The number of nitrogens with zero attached hydrogens (tertiary/aromatic N) is 2. The minimum absolute atomic E-state index is 0.109. The predicted octanol–water partition coefficient (Wildman–Crippen LogP) is 1.58. The average molecular weight is 207 g/mol. The van der Waals surface area contributed by atoms with E-state index >= 15 is 0 Å². The van der Waals surface area contributed by atoms with Crippen LogP contribution in [0.2, 0.25) is 0 Å². The van der Waals surface area contributed by atoms with Crippen LogP contribution in [0, 0.1) is 0 Å². The van der Waals surface area contributed by atoms with Crippen LogP contribution in [-0.4, -0.2) is 29.2 Å². The first-order valence-electron chi connectivity index (χ1n) is 5.22. The Balaban J connectivity index is 2.03. The molecule has 1 aliphatic rings. The molecule has 0 amide bonds. The van der Waals surface area contributed by atoms with E-state index in [9.17, 15) is 0 Å². The highest BCUT2D eigenvalue weighted by Gasteiger charge is 2.19. The first-order valence-corrected chi connectivity index (χ1v) is 5.22. The Labute approximate surface area is 90.1 Å². The Morgan fingerprint density at radius 3 is 2.27 bits per heavy atom. The molecule has 0 radical (unpaired) electrons. The molecule has 1 fully saturated rings. The molecule has 2 heterocycles. The number of anilines is 1. The second kappa shape index (κ2) is 3.77. The van der Waals surface area contributed by atoms with E-state index < -0.39 is 0 Å². The summed E-state index contributed by atoms with van der Waals surface area (Å²) in [5.74, 6) is 0.691. The first-order chi connectivity index (χ1) is 7.05. The van der Waals surface area contributed by atoms with Gasteiger partial charge in [0.25, 0.3) is 0 Å². The van der Waals surface area contributed by atoms with Gasteiger partial charge in [0, 0.05) is 12.4 Å². The summed E-state index contributed by atoms with van der Waals surface area (Å²) in [6, 6.07) is 0.380. The quantitative estimate of drug-likeness (QED) is 0.800. The summed E-state index contributed by atoms with van der Waals surface area (Å²) in [4.78, 5) is 8.58. The van der Waals surface area contributed by atoms with Crippen molar-refractivity contribution in [1.29, 1.82) is 0 Å². The van der Waals surface area contributed by atoms with Gasteiger partial charge in [-0.25, -0.2) is 9.97 Å². The molecule has 0 saturated carbocycles. The minimum Gasteiger partial charge on any atom is -0.377 e. The van der Waals surface area contributed by atoms with E-state index in [1.165, 1.54) is 0 Å². The fourth-order valence-electron chi connectivity index (χ4n) is 1.29. The smallest absolute Gasteiger partial charge is 0.222 e. The summed E-state index contributed by atoms with van der Waals surface area (Å²) < 4.78 is 5.07. The molecule has 2 rings (SSSR count). The lowest BCUT2D eigenvalue weighted by Crippen LogP contribution is -2.40. The highest BCUT2D eigenvalue weighted by molar-refractivity contribution is 5.29. The maximum atomic E-state index is 5.07. The summed E-state index contributed by atoms with van der Waals surface area (Å²) in [7, 11) is 0. The molecule has 4 heteroatoms. The third-order valence-corrected chi connectivity index (χ3v) is 2.49. The lowest BCUT2D eigenvalue weighted by atomic mass is 9.89. The van der Waals surface area contributed by atoms with Crippen molar-refractivity contribution in [3.8, 4) is 0 Å². The van der Waals surface area contributed by atoms with E-state index in [1.54, 1.807) is 0 Å². The molecule has 0 unspecified atom stereocenters. The zero-order valence-electron chi connectivity index (χ0n) is 9.45. The molecule has 1 aliphatic heterocycles. The number of hydrogen-bond acceptors (Lipinski definition) is 4. The van der Waals surface area contributed by atoms with Crippen molar-refractivity contribution < 1.29 is 4.74 Å². The van der Waals surface area contributed by atoms with Crippen LogP contribution in [0.15, 0.2) is 12.4 Å². The number of nitrogens with one attached hydrogen (secondary N) is 1. The molecule has 0 aliphatic carbocycles. The molecule has 1 aromatic heterocycles. The molecule has 1 aromatic rings. The standard InChI is InChI=1S/C11H17N3O/c1-11(2,3)8-4-12-10(13-5-8)14-9-6-15-7-9/h4-5,9H,6-7H2,1-3H3,(H,12,13,14). The van der Waals surface area contributed by atoms with E-state index in [1.807, 2.05) is 12.4 Å². The van der Waals surface area contributed by atoms with Gasteiger partial charge in [-0.1, -0.05) is 20.8 Å². The number of ether oxygens (including phenoxy) is 1. The second-order valence-corrected chi connectivity index (χ2v) is 4.92. The summed E-state index contributed by atoms with van der Waals surface area (Å²) in [6.07, 6.45) is 3.77. The van der Waals surface area contributed by atoms with Crippen LogP contribution in [0.4, 0.5) is 5.95 Å². The maximum Gasteiger partial charge on any atom is 0.222 e. The van der Waals surface area contributed by atoms with Crippen LogP contribution in [0.1, 0.15) is 26.3 Å². The SMILES string of the molecule is CC(C)(C)c1cnc(NC2COC2)nc1. The predicted molar refractivity (Wildman–Crippen MR) is 59.0 cm³/mol. The monoisotopic (exact) mass is 207 g/mol. The molecule has 15 heavy (non-hydrogen) atoms. The Bertz CT molecular complexity index is 325.